The van der Waals surface area contributed by atoms with Crippen LogP contribution in [0, 0.1) is 0 Å². The van der Waals surface area contributed by atoms with Gasteiger partial charge in [-0.25, -0.2) is 0 Å². The van der Waals surface area contributed by atoms with Crippen molar-refractivity contribution in [1.82, 2.24) is 4.90 Å². The molecule has 0 N–H and O–H groups in total. The first kappa shape index (κ1) is 24.5. The molecule has 0 fully saturated rings. The molecule has 0 aliphatic carbocycles. The van der Waals surface area contributed by atoms with Crippen molar-refractivity contribution in [1.29, 1.82) is 0 Å². The summed E-state index contributed by atoms with van der Waals surface area (Å²) in [6, 6.07) is 17.8. The van der Waals surface area contributed by atoms with Crippen LogP contribution < -0.4 is 23.7 Å². The summed E-state index contributed by atoms with van der Waals surface area (Å²) >= 11 is 5.94. The normalized spacial score (nSPS) is 14.6. The van der Waals surface area contributed by atoms with Gasteiger partial charge in [-0.05, 0) is 78.2 Å². The van der Waals surface area contributed by atoms with Gasteiger partial charge in [0.05, 0.1) is 27.4 Å². The molecule has 1 atom stereocenters. The number of hydrogen-bond donors (Lipinski definition) is 0. The summed E-state index contributed by atoms with van der Waals surface area (Å²) < 4.78 is 28.1. The van der Waals surface area contributed by atoms with Crippen LogP contribution in [0.3, 0.4) is 0 Å². The number of carbonyl (C=O) groups excluding carboxylic acids is 1. The molecule has 0 spiro atoms. The average molecular weight is 498 g/mol. The topological polar surface area (TPSA) is 66.5 Å². The van der Waals surface area contributed by atoms with Gasteiger partial charge >= 0.3 is 0 Å². The van der Waals surface area contributed by atoms with Crippen LogP contribution in [0.15, 0.2) is 60.7 Å². The van der Waals surface area contributed by atoms with Crippen LogP contribution in [0.5, 0.6) is 28.7 Å². The fraction of sp³-hybridized carbons (Fsp3) is 0.296. The van der Waals surface area contributed by atoms with Crippen LogP contribution in [0.1, 0.15) is 17.2 Å². The molecule has 4 rings (SSSR count). The summed E-state index contributed by atoms with van der Waals surface area (Å²) in [6.45, 7) is 0.701. The van der Waals surface area contributed by atoms with E-state index in [4.69, 9.17) is 35.3 Å². The van der Waals surface area contributed by atoms with E-state index in [1.807, 2.05) is 36.4 Å². The number of benzene rings is 3. The molecule has 1 aliphatic heterocycles. The Balaban J connectivity index is 1.57. The predicted octanol–water partition coefficient (Wildman–Crippen LogP) is 4.95. The van der Waals surface area contributed by atoms with E-state index in [9.17, 15) is 4.79 Å². The van der Waals surface area contributed by atoms with Crippen molar-refractivity contribution in [2.45, 2.75) is 12.5 Å². The Labute approximate surface area is 210 Å². The number of halogens is 1. The van der Waals surface area contributed by atoms with Crippen molar-refractivity contribution in [3.05, 3.63) is 76.8 Å². The van der Waals surface area contributed by atoms with Gasteiger partial charge in [0, 0.05) is 11.6 Å². The van der Waals surface area contributed by atoms with Crippen LogP contribution >= 0.6 is 11.6 Å². The molecule has 184 valence electrons. The van der Waals surface area contributed by atoms with E-state index in [1.54, 1.807) is 50.5 Å². The molecule has 1 heterocycles. The van der Waals surface area contributed by atoms with Gasteiger partial charge in [0.1, 0.15) is 23.9 Å². The minimum Gasteiger partial charge on any atom is -0.497 e. The molecule has 0 saturated carbocycles. The van der Waals surface area contributed by atoms with Crippen molar-refractivity contribution in [2.75, 3.05) is 41.1 Å². The smallest absolute Gasteiger partial charge is 0.261 e. The van der Waals surface area contributed by atoms with E-state index in [2.05, 4.69) is 0 Å². The minimum absolute atomic E-state index is 0.0940. The lowest BCUT2D eigenvalue weighted by Gasteiger charge is -2.37. The highest BCUT2D eigenvalue weighted by Crippen LogP contribution is 2.38. The Morgan fingerprint density at radius 3 is 2.11 bits per heavy atom. The molecule has 0 radical (unpaired) electrons. The molecule has 8 heteroatoms. The lowest BCUT2D eigenvalue weighted by Crippen LogP contribution is -2.44. The largest absolute Gasteiger partial charge is 0.497 e. The van der Waals surface area contributed by atoms with E-state index < -0.39 is 0 Å². The fourth-order valence-electron chi connectivity index (χ4n) is 4.11. The molecule has 1 unspecified atom stereocenters. The van der Waals surface area contributed by atoms with Crippen LogP contribution in [-0.2, 0) is 11.2 Å². The van der Waals surface area contributed by atoms with Gasteiger partial charge in [0.15, 0.2) is 18.1 Å². The molecule has 0 aromatic heterocycles. The number of hydrogen-bond acceptors (Lipinski definition) is 6. The summed E-state index contributed by atoms with van der Waals surface area (Å²) in [4.78, 5) is 15.1. The molecule has 0 bridgehead atoms. The van der Waals surface area contributed by atoms with Crippen LogP contribution in [-0.4, -0.2) is 51.9 Å². The zero-order chi connectivity index (χ0) is 24.8. The van der Waals surface area contributed by atoms with E-state index in [0.717, 1.165) is 16.9 Å². The van der Waals surface area contributed by atoms with E-state index in [0.29, 0.717) is 41.0 Å². The highest BCUT2D eigenvalue weighted by atomic mass is 35.5. The Morgan fingerprint density at radius 1 is 0.857 bits per heavy atom. The standard InChI is InChI=1S/C27H28ClNO6/c1-31-20-8-10-22(11-9-20)34-16-24-23-15-26(33-3)25(32-2)14-18(23)12-13-29(24)27(30)17-35-21-6-4-19(28)5-7-21/h4-11,14-15,24H,12-13,16-17H2,1-3H3. The summed E-state index contributed by atoms with van der Waals surface area (Å²) in [5.41, 5.74) is 2.05. The van der Waals surface area contributed by atoms with Gasteiger partial charge in [-0.2, -0.15) is 0 Å². The molecule has 3 aromatic carbocycles. The highest BCUT2D eigenvalue weighted by Gasteiger charge is 2.33. The van der Waals surface area contributed by atoms with E-state index >= 15 is 0 Å². The number of fused-ring (bicyclic) bond motifs is 1. The van der Waals surface area contributed by atoms with E-state index in [-0.39, 0.29) is 25.2 Å². The van der Waals surface area contributed by atoms with Gasteiger partial charge in [0.25, 0.3) is 5.91 Å². The monoisotopic (exact) mass is 497 g/mol. The van der Waals surface area contributed by atoms with Crippen molar-refractivity contribution < 1.29 is 28.5 Å². The summed E-state index contributed by atoms with van der Waals surface area (Å²) in [7, 11) is 4.83. The third kappa shape index (κ3) is 5.74. The second kappa shape index (κ2) is 11.2. The zero-order valence-corrected chi connectivity index (χ0v) is 20.7. The van der Waals surface area contributed by atoms with Gasteiger partial charge in [-0.1, -0.05) is 11.6 Å². The second-order valence-corrected chi connectivity index (χ2v) is 8.42. The molecule has 1 aliphatic rings. The Hall–Kier alpha value is -3.58. The van der Waals surface area contributed by atoms with Crippen molar-refractivity contribution in [3.63, 3.8) is 0 Å². The lowest BCUT2D eigenvalue weighted by molar-refractivity contribution is -0.137. The van der Waals surface area contributed by atoms with E-state index in [1.165, 1.54) is 0 Å². The zero-order valence-electron chi connectivity index (χ0n) is 20.0. The average Bonchev–Trinajstić information content (AvgIpc) is 2.90. The summed E-state index contributed by atoms with van der Waals surface area (Å²) in [5.74, 6) is 3.14. The predicted molar refractivity (Wildman–Crippen MR) is 133 cm³/mol. The number of carbonyl (C=O) groups is 1. The Morgan fingerprint density at radius 2 is 1.46 bits per heavy atom. The van der Waals surface area contributed by atoms with Crippen LogP contribution in [0.4, 0.5) is 0 Å². The van der Waals surface area contributed by atoms with Gasteiger partial charge in [0.2, 0.25) is 0 Å². The van der Waals surface area contributed by atoms with Crippen molar-refractivity contribution in [3.8, 4) is 28.7 Å². The molecule has 35 heavy (non-hydrogen) atoms. The lowest BCUT2D eigenvalue weighted by atomic mass is 9.92. The van der Waals surface area contributed by atoms with Gasteiger partial charge in [-0.15, -0.1) is 0 Å². The number of methoxy groups -OCH3 is 3. The number of amides is 1. The fourth-order valence-corrected chi connectivity index (χ4v) is 4.24. The number of rotatable bonds is 9. The van der Waals surface area contributed by atoms with Gasteiger partial charge in [-0.3, -0.25) is 4.79 Å². The van der Waals surface area contributed by atoms with Crippen LogP contribution in [0.2, 0.25) is 5.02 Å². The number of nitrogens with zero attached hydrogens (tertiary/aromatic N) is 1. The highest BCUT2D eigenvalue weighted by molar-refractivity contribution is 6.30. The Kier molecular flexibility index (Phi) is 7.87. The van der Waals surface area contributed by atoms with Gasteiger partial charge < -0.3 is 28.6 Å². The molecule has 3 aromatic rings. The molecule has 7 nitrogen and oxygen atoms in total. The third-order valence-electron chi connectivity index (χ3n) is 5.97. The molecular weight excluding hydrogens is 470 g/mol. The second-order valence-electron chi connectivity index (χ2n) is 7.99. The van der Waals surface area contributed by atoms with Crippen LogP contribution in [0.25, 0.3) is 0 Å². The SMILES string of the molecule is COc1ccc(OCC2c3cc(OC)c(OC)cc3CCN2C(=O)COc2ccc(Cl)cc2)cc1. The number of ether oxygens (including phenoxy) is 5. The van der Waals surface area contributed by atoms with Crippen molar-refractivity contribution >= 4 is 17.5 Å². The third-order valence-corrected chi connectivity index (χ3v) is 6.22. The molecule has 1 amide bonds. The first-order valence-corrected chi connectivity index (χ1v) is 11.6. The molecular formula is C27H28ClNO6. The Bertz CT molecular complexity index is 1150. The maximum absolute atomic E-state index is 13.3. The first-order valence-electron chi connectivity index (χ1n) is 11.2. The first-order chi connectivity index (χ1) is 17.0. The maximum Gasteiger partial charge on any atom is 0.261 e. The quantitative estimate of drug-likeness (QED) is 0.417. The van der Waals surface area contributed by atoms with Crippen molar-refractivity contribution in [2.24, 2.45) is 0 Å². The minimum atomic E-state index is -0.332. The summed E-state index contributed by atoms with van der Waals surface area (Å²) in [5, 5.41) is 0.608. The summed E-state index contributed by atoms with van der Waals surface area (Å²) in [6.07, 6.45) is 0.682. The maximum atomic E-state index is 13.3. The molecule has 0 saturated heterocycles.